The summed E-state index contributed by atoms with van der Waals surface area (Å²) < 4.78 is 0. The summed E-state index contributed by atoms with van der Waals surface area (Å²) in [5.74, 6) is 0. The molecular weight excluding hydrogens is 240 g/mol. The van der Waals surface area contributed by atoms with E-state index < -0.39 is 0 Å². The first-order chi connectivity index (χ1) is 8.63. The third-order valence-corrected chi connectivity index (χ3v) is 3.84. The Labute approximate surface area is 116 Å². The number of nitrogens with zero attached hydrogens (tertiary/aromatic N) is 1. The minimum absolute atomic E-state index is 0.445. The lowest BCUT2D eigenvalue weighted by Crippen LogP contribution is -2.21. The molecule has 0 spiro atoms. The van der Waals surface area contributed by atoms with Gasteiger partial charge in [0.25, 0.3) is 0 Å². The molecule has 0 aliphatic heterocycles. The van der Waals surface area contributed by atoms with Crippen molar-refractivity contribution in [2.24, 2.45) is 0 Å². The molecule has 1 rings (SSSR count). The van der Waals surface area contributed by atoms with Crippen molar-refractivity contribution in [3.05, 3.63) is 29.8 Å². The maximum atomic E-state index is 3.58. The van der Waals surface area contributed by atoms with Gasteiger partial charge in [0, 0.05) is 10.9 Å². The van der Waals surface area contributed by atoms with Crippen LogP contribution in [0.25, 0.3) is 0 Å². The van der Waals surface area contributed by atoms with E-state index in [-0.39, 0.29) is 0 Å². The summed E-state index contributed by atoms with van der Waals surface area (Å²) in [6.45, 7) is 4.51. The van der Waals surface area contributed by atoms with Crippen molar-refractivity contribution >= 4 is 11.8 Å². The highest BCUT2D eigenvalue weighted by Crippen LogP contribution is 2.18. The van der Waals surface area contributed by atoms with E-state index >= 15 is 0 Å². The van der Waals surface area contributed by atoms with Gasteiger partial charge >= 0.3 is 0 Å². The zero-order chi connectivity index (χ0) is 13.4. The van der Waals surface area contributed by atoms with Gasteiger partial charge in [0.1, 0.15) is 0 Å². The van der Waals surface area contributed by atoms with E-state index in [4.69, 9.17) is 0 Å². The molecule has 102 valence electrons. The molecule has 1 aromatic carbocycles. The SMILES string of the molecule is CSc1ccc(C(C)NCCCCN(C)C)cc1. The summed E-state index contributed by atoms with van der Waals surface area (Å²) in [6, 6.07) is 9.29. The topological polar surface area (TPSA) is 15.3 Å². The zero-order valence-electron chi connectivity index (χ0n) is 12.1. The van der Waals surface area contributed by atoms with Crippen LogP contribution in [0.1, 0.15) is 31.4 Å². The molecule has 18 heavy (non-hydrogen) atoms. The van der Waals surface area contributed by atoms with Crippen LogP contribution in [0.4, 0.5) is 0 Å². The second-order valence-electron chi connectivity index (χ2n) is 4.96. The second kappa shape index (κ2) is 8.57. The van der Waals surface area contributed by atoms with Crippen molar-refractivity contribution in [3.63, 3.8) is 0 Å². The number of nitrogens with one attached hydrogen (secondary N) is 1. The molecule has 0 heterocycles. The van der Waals surface area contributed by atoms with Gasteiger partial charge in [-0.05, 0) is 70.9 Å². The van der Waals surface area contributed by atoms with E-state index in [0.717, 1.165) is 6.54 Å². The molecule has 1 N–H and O–H groups in total. The van der Waals surface area contributed by atoms with E-state index in [1.54, 1.807) is 11.8 Å². The number of hydrogen-bond acceptors (Lipinski definition) is 3. The van der Waals surface area contributed by atoms with Crippen molar-refractivity contribution in [1.82, 2.24) is 10.2 Å². The number of benzene rings is 1. The van der Waals surface area contributed by atoms with E-state index in [9.17, 15) is 0 Å². The summed E-state index contributed by atoms with van der Waals surface area (Å²) >= 11 is 1.79. The molecule has 0 radical (unpaired) electrons. The first kappa shape index (κ1) is 15.5. The minimum atomic E-state index is 0.445. The Hall–Kier alpha value is -0.510. The van der Waals surface area contributed by atoms with Gasteiger partial charge in [-0.3, -0.25) is 0 Å². The molecule has 0 fully saturated rings. The standard InChI is InChI=1S/C15H26N2S/c1-13(16-11-5-6-12-17(2)3)14-7-9-15(18-4)10-8-14/h7-10,13,16H,5-6,11-12H2,1-4H3. The molecule has 0 saturated heterocycles. The monoisotopic (exact) mass is 266 g/mol. The van der Waals surface area contributed by atoms with Crippen LogP contribution in [0.15, 0.2) is 29.2 Å². The summed E-state index contributed by atoms with van der Waals surface area (Å²) in [4.78, 5) is 3.57. The molecule has 0 aromatic heterocycles. The highest BCUT2D eigenvalue weighted by atomic mass is 32.2. The first-order valence-electron chi connectivity index (χ1n) is 6.65. The maximum Gasteiger partial charge on any atom is 0.0291 e. The molecular formula is C15H26N2S. The predicted molar refractivity (Wildman–Crippen MR) is 82.4 cm³/mol. The first-order valence-corrected chi connectivity index (χ1v) is 7.88. The Morgan fingerprint density at radius 2 is 1.83 bits per heavy atom. The van der Waals surface area contributed by atoms with Crippen molar-refractivity contribution in [1.29, 1.82) is 0 Å². The molecule has 0 aliphatic carbocycles. The highest BCUT2D eigenvalue weighted by molar-refractivity contribution is 7.98. The van der Waals surface area contributed by atoms with Crippen molar-refractivity contribution < 1.29 is 0 Å². The Kier molecular flexibility index (Phi) is 7.40. The van der Waals surface area contributed by atoms with E-state index in [0.29, 0.717) is 6.04 Å². The normalized spacial score (nSPS) is 12.9. The van der Waals surface area contributed by atoms with Crippen LogP contribution in [-0.2, 0) is 0 Å². The molecule has 3 heteroatoms. The van der Waals surface area contributed by atoms with Gasteiger partial charge in [-0.1, -0.05) is 12.1 Å². The fourth-order valence-corrected chi connectivity index (χ4v) is 2.29. The largest absolute Gasteiger partial charge is 0.310 e. The predicted octanol–water partition coefficient (Wildman–Crippen LogP) is 3.40. The Bertz CT molecular complexity index is 322. The summed E-state index contributed by atoms with van der Waals surface area (Å²) in [5.41, 5.74) is 1.38. The van der Waals surface area contributed by atoms with Crippen LogP contribution in [0.3, 0.4) is 0 Å². The maximum absolute atomic E-state index is 3.58. The van der Waals surface area contributed by atoms with Crippen molar-refractivity contribution in [2.75, 3.05) is 33.4 Å². The lowest BCUT2D eigenvalue weighted by molar-refractivity contribution is 0.389. The van der Waals surface area contributed by atoms with Crippen LogP contribution in [-0.4, -0.2) is 38.3 Å². The average molecular weight is 266 g/mol. The Balaban J connectivity index is 2.25. The van der Waals surface area contributed by atoms with Crippen molar-refractivity contribution in [3.8, 4) is 0 Å². The Morgan fingerprint density at radius 1 is 1.17 bits per heavy atom. The number of rotatable bonds is 8. The van der Waals surface area contributed by atoms with Gasteiger partial charge in [-0.25, -0.2) is 0 Å². The van der Waals surface area contributed by atoms with Gasteiger partial charge in [0.2, 0.25) is 0 Å². The van der Waals surface area contributed by atoms with Crippen LogP contribution < -0.4 is 5.32 Å². The molecule has 1 atom stereocenters. The fraction of sp³-hybridized carbons (Fsp3) is 0.600. The quantitative estimate of drug-likeness (QED) is 0.573. The fourth-order valence-electron chi connectivity index (χ4n) is 1.88. The minimum Gasteiger partial charge on any atom is -0.310 e. The van der Waals surface area contributed by atoms with Crippen LogP contribution >= 0.6 is 11.8 Å². The van der Waals surface area contributed by atoms with Crippen LogP contribution in [0.5, 0.6) is 0 Å². The van der Waals surface area contributed by atoms with E-state index in [1.165, 1.54) is 29.8 Å². The van der Waals surface area contributed by atoms with Crippen molar-refractivity contribution in [2.45, 2.75) is 30.7 Å². The molecule has 0 saturated carbocycles. The lowest BCUT2D eigenvalue weighted by Gasteiger charge is -2.15. The van der Waals surface area contributed by atoms with Gasteiger partial charge in [-0.15, -0.1) is 11.8 Å². The molecule has 0 aliphatic rings. The summed E-state index contributed by atoms with van der Waals surface area (Å²) in [6.07, 6.45) is 4.62. The number of thioether (sulfide) groups is 1. The van der Waals surface area contributed by atoms with Crippen LogP contribution in [0.2, 0.25) is 0 Å². The molecule has 2 nitrogen and oxygen atoms in total. The highest BCUT2D eigenvalue weighted by Gasteiger charge is 2.03. The zero-order valence-corrected chi connectivity index (χ0v) is 12.9. The Morgan fingerprint density at radius 3 is 2.39 bits per heavy atom. The number of unbranched alkanes of at least 4 members (excludes halogenated alkanes) is 1. The van der Waals surface area contributed by atoms with Gasteiger partial charge < -0.3 is 10.2 Å². The van der Waals surface area contributed by atoms with E-state index in [2.05, 4.69) is 61.8 Å². The molecule has 1 aromatic rings. The third kappa shape index (κ3) is 5.89. The smallest absolute Gasteiger partial charge is 0.0291 e. The third-order valence-electron chi connectivity index (χ3n) is 3.10. The average Bonchev–Trinajstić information content (AvgIpc) is 2.38. The molecule has 0 bridgehead atoms. The summed E-state index contributed by atoms with van der Waals surface area (Å²) in [7, 11) is 4.26. The van der Waals surface area contributed by atoms with Gasteiger partial charge in [-0.2, -0.15) is 0 Å². The van der Waals surface area contributed by atoms with Crippen LogP contribution in [0, 0.1) is 0 Å². The molecule has 0 amide bonds. The van der Waals surface area contributed by atoms with E-state index in [1.807, 2.05) is 0 Å². The van der Waals surface area contributed by atoms with Gasteiger partial charge in [0.15, 0.2) is 0 Å². The van der Waals surface area contributed by atoms with Gasteiger partial charge in [0.05, 0.1) is 0 Å². The number of hydrogen-bond donors (Lipinski definition) is 1. The lowest BCUT2D eigenvalue weighted by atomic mass is 10.1. The second-order valence-corrected chi connectivity index (χ2v) is 5.84. The molecule has 1 unspecified atom stereocenters. The summed E-state index contributed by atoms with van der Waals surface area (Å²) in [5, 5.41) is 3.58.